The molecule has 2 fully saturated rings. The molecule has 3 aliphatic heterocycles. The summed E-state index contributed by atoms with van der Waals surface area (Å²) in [6.45, 7) is 11.0. The molecule has 0 bridgehead atoms. The van der Waals surface area contributed by atoms with E-state index >= 15 is 0 Å². The summed E-state index contributed by atoms with van der Waals surface area (Å²) in [7, 11) is 0. The van der Waals surface area contributed by atoms with Crippen LogP contribution in [-0.4, -0.2) is 42.0 Å². The number of carbonyl (C=O) groups is 1. The average molecular weight is 402 g/mol. The number of cyclic esters (lactones) is 1. The maximum absolute atomic E-state index is 11.7. The number of hydrogen-bond acceptors (Lipinski definition) is 5. The molecule has 0 aromatic heterocycles. The van der Waals surface area contributed by atoms with Crippen LogP contribution in [0.1, 0.15) is 74.6 Å². The van der Waals surface area contributed by atoms with E-state index in [0.717, 1.165) is 38.1 Å². The summed E-state index contributed by atoms with van der Waals surface area (Å²) in [5.41, 5.74) is 6.48. The highest BCUT2D eigenvalue weighted by Crippen LogP contribution is 2.46. The summed E-state index contributed by atoms with van der Waals surface area (Å²) in [5, 5.41) is 9.94. The third-order valence-corrected chi connectivity index (χ3v) is 6.77. The van der Waals surface area contributed by atoms with E-state index in [1.165, 1.54) is 47.2 Å². The Hall–Kier alpha value is -1.75. The van der Waals surface area contributed by atoms with Gasteiger partial charge in [-0.1, -0.05) is 0 Å². The van der Waals surface area contributed by atoms with E-state index in [1.807, 2.05) is 0 Å². The lowest BCUT2D eigenvalue weighted by molar-refractivity contribution is -0.160. The first-order chi connectivity index (χ1) is 13.7. The van der Waals surface area contributed by atoms with Gasteiger partial charge < -0.3 is 19.5 Å². The summed E-state index contributed by atoms with van der Waals surface area (Å²) >= 11 is 0. The van der Waals surface area contributed by atoms with Crippen LogP contribution in [0.5, 0.6) is 5.75 Å². The van der Waals surface area contributed by atoms with Crippen LogP contribution in [0.3, 0.4) is 0 Å². The molecule has 5 nitrogen and oxygen atoms in total. The van der Waals surface area contributed by atoms with E-state index in [-0.39, 0.29) is 24.1 Å². The van der Waals surface area contributed by atoms with E-state index in [9.17, 15) is 9.90 Å². The second-order valence-electron chi connectivity index (χ2n) is 9.72. The van der Waals surface area contributed by atoms with Gasteiger partial charge in [0.2, 0.25) is 0 Å². The molecular weight excluding hydrogens is 366 g/mol. The first kappa shape index (κ1) is 20.5. The Kier molecular flexibility index (Phi) is 5.54. The average Bonchev–Trinajstić information content (AvgIpc) is 2.97. The fourth-order valence-corrected chi connectivity index (χ4v) is 5.40. The molecule has 0 aliphatic carbocycles. The number of piperidine rings is 1. The fraction of sp³-hybridized carbons (Fsp3) is 0.708. The molecule has 2 atom stereocenters. The van der Waals surface area contributed by atoms with Gasteiger partial charge in [-0.15, -0.1) is 0 Å². The first-order valence-electron chi connectivity index (χ1n) is 11.2. The lowest BCUT2D eigenvalue weighted by atomic mass is 9.88. The number of nitrogens with zero attached hydrogens (tertiary/aromatic N) is 1. The Morgan fingerprint density at radius 1 is 1.14 bits per heavy atom. The Morgan fingerprint density at radius 2 is 1.86 bits per heavy atom. The molecule has 0 unspecified atom stereocenters. The maximum Gasteiger partial charge on any atom is 0.308 e. The number of aliphatic hydroxyl groups is 1. The quantitative estimate of drug-likeness (QED) is 0.773. The van der Waals surface area contributed by atoms with Gasteiger partial charge in [0.05, 0.1) is 12.5 Å². The van der Waals surface area contributed by atoms with E-state index < -0.39 is 6.10 Å². The number of aliphatic hydroxyl groups excluding tert-OH is 1. The molecule has 3 aliphatic rings. The molecule has 0 spiro atoms. The molecule has 5 heteroatoms. The SMILES string of the molecule is Cc1c(CC[C@H]2C[C@H](O)CC(=O)O2)c2c(c(C)c1N1CCCCC1)CC(C)(C)O2. The molecule has 0 radical (unpaired) electrons. The highest BCUT2D eigenvalue weighted by Gasteiger charge is 2.36. The Morgan fingerprint density at radius 3 is 2.55 bits per heavy atom. The zero-order valence-corrected chi connectivity index (χ0v) is 18.3. The molecular formula is C24H35NO4. The molecule has 0 saturated carbocycles. The number of rotatable bonds is 4. The van der Waals surface area contributed by atoms with Crippen molar-refractivity contribution in [1.29, 1.82) is 0 Å². The standard InChI is InChI=1S/C24H35NO4/c1-15-19(9-8-18-12-17(26)13-21(27)28-18)23-20(14-24(3,4)29-23)16(2)22(15)25-10-6-5-7-11-25/h17-18,26H,5-14H2,1-4H3/t17-,18-/m0/s1. The van der Waals surface area contributed by atoms with Gasteiger partial charge in [0.25, 0.3) is 0 Å². The van der Waals surface area contributed by atoms with E-state index in [2.05, 4.69) is 32.6 Å². The number of fused-ring (bicyclic) bond motifs is 1. The molecule has 1 aromatic rings. The minimum Gasteiger partial charge on any atom is -0.487 e. The number of ether oxygens (including phenoxy) is 2. The van der Waals surface area contributed by atoms with Crippen LogP contribution in [0.25, 0.3) is 0 Å². The second kappa shape index (κ2) is 7.82. The predicted molar refractivity (Wildman–Crippen MR) is 114 cm³/mol. The third kappa shape index (κ3) is 4.11. The number of benzene rings is 1. The van der Waals surface area contributed by atoms with Gasteiger partial charge in [0.15, 0.2) is 0 Å². The van der Waals surface area contributed by atoms with Crippen LogP contribution in [0.2, 0.25) is 0 Å². The molecule has 3 heterocycles. The van der Waals surface area contributed by atoms with Crippen molar-refractivity contribution in [2.75, 3.05) is 18.0 Å². The van der Waals surface area contributed by atoms with E-state index in [0.29, 0.717) is 6.42 Å². The smallest absolute Gasteiger partial charge is 0.308 e. The van der Waals surface area contributed by atoms with Gasteiger partial charge in [0.1, 0.15) is 17.5 Å². The van der Waals surface area contributed by atoms with Gasteiger partial charge in [-0.2, -0.15) is 0 Å². The Labute approximate surface area is 174 Å². The third-order valence-electron chi connectivity index (χ3n) is 6.77. The molecule has 4 rings (SSSR count). The number of hydrogen-bond donors (Lipinski definition) is 1. The van der Waals surface area contributed by atoms with Crippen LogP contribution < -0.4 is 9.64 Å². The van der Waals surface area contributed by atoms with Crippen molar-refractivity contribution < 1.29 is 19.4 Å². The van der Waals surface area contributed by atoms with Crippen LogP contribution >= 0.6 is 0 Å². The lowest BCUT2D eigenvalue weighted by Crippen LogP contribution is -2.33. The van der Waals surface area contributed by atoms with Crippen LogP contribution in [0, 0.1) is 13.8 Å². The second-order valence-corrected chi connectivity index (χ2v) is 9.72. The topological polar surface area (TPSA) is 59.0 Å². The summed E-state index contributed by atoms with van der Waals surface area (Å²) < 4.78 is 11.9. The first-order valence-corrected chi connectivity index (χ1v) is 11.2. The van der Waals surface area contributed by atoms with Crippen molar-refractivity contribution in [1.82, 2.24) is 0 Å². The van der Waals surface area contributed by atoms with Crippen molar-refractivity contribution in [3.8, 4) is 5.75 Å². The minimum absolute atomic E-state index is 0.117. The van der Waals surface area contributed by atoms with Crippen molar-refractivity contribution in [3.63, 3.8) is 0 Å². The highest BCUT2D eigenvalue weighted by atomic mass is 16.5. The summed E-state index contributed by atoms with van der Waals surface area (Å²) in [5.74, 6) is 0.763. The number of esters is 1. The van der Waals surface area contributed by atoms with E-state index in [4.69, 9.17) is 9.47 Å². The Bertz CT molecular complexity index is 795. The molecule has 29 heavy (non-hydrogen) atoms. The number of anilines is 1. The fourth-order valence-electron chi connectivity index (χ4n) is 5.40. The normalized spacial score (nSPS) is 26.1. The van der Waals surface area contributed by atoms with Crippen molar-refractivity contribution in [2.45, 2.75) is 96.9 Å². The monoisotopic (exact) mass is 401 g/mol. The van der Waals surface area contributed by atoms with Crippen molar-refractivity contribution in [2.24, 2.45) is 0 Å². The minimum atomic E-state index is -0.579. The summed E-state index contributed by atoms with van der Waals surface area (Å²) in [4.78, 5) is 14.3. The van der Waals surface area contributed by atoms with Crippen LogP contribution in [0.4, 0.5) is 5.69 Å². The zero-order chi connectivity index (χ0) is 20.8. The lowest BCUT2D eigenvalue weighted by Gasteiger charge is -2.33. The number of carbonyl (C=O) groups excluding carboxylic acids is 1. The van der Waals surface area contributed by atoms with Crippen molar-refractivity contribution in [3.05, 3.63) is 22.3 Å². The molecule has 0 amide bonds. The largest absolute Gasteiger partial charge is 0.487 e. The van der Waals surface area contributed by atoms with Crippen molar-refractivity contribution >= 4 is 11.7 Å². The zero-order valence-electron chi connectivity index (χ0n) is 18.3. The van der Waals surface area contributed by atoms with Gasteiger partial charge in [-0.25, -0.2) is 0 Å². The maximum atomic E-state index is 11.7. The highest BCUT2D eigenvalue weighted by molar-refractivity contribution is 5.71. The molecule has 2 saturated heterocycles. The summed E-state index contributed by atoms with van der Waals surface area (Å²) in [6, 6.07) is 0. The molecule has 160 valence electrons. The van der Waals surface area contributed by atoms with E-state index in [1.54, 1.807) is 0 Å². The summed E-state index contributed by atoms with van der Waals surface area (Å²) in [6.07, 6.45) is 6.14. The van der Waals surface area contributed by atoms with Gasteiger partial charge >= 0.3 is 5.97 Å². The van der Waals surface area contributed by atoms with Crippen LogP contribution in [-0.2, 0) is 22.4 Å². The predicted octanol–water partition coefficient (Wildman–Crippen LogP) is 4.01. The van der Waals surface area contributed by atoms with Gasteiger partial charge in [0, 0.05) is 37.2 Å². The van der Waals surface area contributed by atoms with Gasteiger partial charge in [-0.05, 0) is 76.5 Å². The molecule has 1 N–H and O–H groups in total. The molecule has 1 aromatic carbocycles. The van der Waals surface area contributed by atoms with Crippen LogP contribution in [0.15, 0.2) is 0 Å². The Balaban J connectivity index is 1.67. The van der Waals surface area contributed by atoms with Gasteiger partial charge in [-0.3, -0.25) is 4.79 Å².